The summed E-state index contributed by atoms with van der Waals surface area (Å²) in [6.45, 7) is 4.84. The molecule has 96 valence electrons. The Balaban J connectivity index is 2.15. The van der Waals surface area contributed by atoms with Crippen LogP contribution in [0.25, 0.3) is 0 Å². The highest BCUT2D eigenvalue weighted by Crippen LogP contribution is 2.18. The first-order chi connectivity index (χ1) is 7.88. The highest BCUT2D eigenvalue weighted by molar-refractivity contribution is 6.18. The van der Waals surface area contributed by atoms with Crippen LogP contribution in [0.3, 0.4) is 0 Å². The van der Waals surface area contributed by atoms with Crippen molar-refractivity contribution in [2.45, 2.75) is 70.8 Å². The van der Waals surface area contributed by atoms with E-state index in [1.807, 2.05) is 0 Å². The number of nitrogens with zero attached hydrogens (tertiary/aromatic N) is 1. The predicted molar refractivity (Wildman–Crippen MR) is 73.3 cm³/mol. The maximum Gasteiger partial charge on any atom is 0.0379 e. The maximum absolute atomic E-state index is 6.07. The molecule has 0 spiro atoms. The van der Waals surface area contributed by atoms with E-state index in [4.69, 9.17) is 11.6 Å². The van der Waals surface area contributed by atoms with Crippen molar-refractivity contribution in [3.05, 3.63) is 0 Å². The second-order valence-electron chi connectivity index (χ2n) is 5.11. The molecule has 1 atom stereocenters. The first kappa shape index (κ1) is 14.3. The molecule has 1 heterocycles. The Kier molecular flexibility index (Phi) is 8.32. The van der Waals surface area contributed by atoms with Gasteiger partial charge in [0.1, 0.15) is 0 Å². The first-order valence-corrected chi connectivity index (χ1v) is 7.72. The monoisotopic (exact) mass is 245 g/mol. The van der Waals surface area contributed by atoms with Gasteiger partial charge in [-0.3, -0.25) is 4.90 Å². The average molecular weight is 246 g/mol. The number of unbranched alkanes of at least 4 members (excludes halogenated alkanes) is 4. The van der Waals surface area contributed by atoms with Gasteiger partial charge in [-0.05, 0) is 32.4 Å². The van der Waals surface area contributed by atoms with Crippen LogP contribution in [0.5, 0.6) is 0 Å². The SMILES string of the molecule is CCCCCCCN1CCCCCC1CCl. The van der Waals surface area contributed by atoms with Crippen molar-refractivity contribution in [3.8, 4) is 0 Å². The van der Waals surface area contributed by atoms with Crippen LogP contribution in [0.15, 0.2) is 0 Å². The molecular formula is C14H28ClN. The van der Waals surface area contributed by atoms with E-state index in [-0.39, 0.29) is 0 Å². The number of hydrogen-bond acceptors (Lipinski definition) is 1. The molecule has 0 amide bonds. The van der Waals surface area contributed by atoms with Gasteiger partial charge in [0.25, 0.3) is 0 Å². The Morgan fingerprint density at radius 2 is 1.88 bits per heavy atom. The van der Waals surface area contributed by atoms with E-state index in [1.165, 1.54) is 70.9 Å². The van der Waals surface area contributed by atoms with E-state index in [1.54, 1.807) is 0 Å². The van der Waals surface area contributed by atoms with Gasteiger partial charge < -0.3 is 0 Å². The molecule has 1 saturated heterocycles. The molecule has 1 aliphatic heterocycles. The van der Waals surface area contributed by atoms with Crippen LogP contribution < -0.4 is 0 Å². The summed E-state index contributed by atoms with van der Waals surface area (Å²) >= 11 is 6.07. The highest BCUT2D eigenvalue weighted by atomic mass is 35.5. The lowest BCUT2D eigenvalue weighted by Crippen LogP contribution is -2.36. The normalized spacial score (nSPS) is 23.2. The van der Waals surface area contributed by atoms with Crippen molar-refractivity contribution in [3.63, 3.8) is 0 Å². The lowest BCUT2D eigenvalue weighted by atomic mass is 10.1. The van der Waals surface area contributed by atoms with Crippen LogP contribution in [0.4, 0.5) is 0 Å². The standard InChI is InChI=1S/C14H28ClN/c1-2-3-4-5-8-11-16-12-9-6-7-10-14(16)13-15/h14H,2-13H2,1H3. The third kappa shape index (κ3) is 5.54. The number of likely N-dealkylation sites (tertiary alicyclic amines) is 1. The smallest absolute Gasteiger partial charge is 0.0379 e. The molecule has 1 rings (SSSR count). The Hall–Kier alpha value is 0.250. The molecule has 2 heteroatoms. The zero-order valence-electron chi connectivity index (χ0n) is 10.9. The molecule has 1 fully saturated rings. The topological polar surface area (TPSA) is 3.24 Å². The van der Waals surface area contributed by atoms with E-state index in [9.17, 15) is 0 Å². The zero-order valence-corrected chi connectivity index (χ0v) is 11.6. The number of rotatable bonds is 7. The van der Waals surface area contributed by atoms with E-state index in [2.05, 4.69) is 11.8 Å². The fraction of sp³-hybridized carbons (Fsp3) is 1.00. The van der Waals surface area contributed by atoms with E-state index in [0.29, 0.717) is 6.04 Å². The van der Waals surface area contributed by atoms with Gasteiger partial charge in [0.05, 0.1) is 0 Å². The second kappa shape index (κ2) is 9.30. The number of hydrogen-bond donors (Lipinski definition) is 0. The van der Waals surface area contributed by atoms with Crippen LogP contribution in [0.2, 0.25) is 0 Å². The average Bonchev–Trinajstić information content (AvgIpc) is 2.53. The summed E-state index contributed by atoms with van der Waals surface area (Å²) in [6, 6.07) is 0.662. The van der Waals surface area contributed by atoms with E-state index < -0.39 is 0 Å². The minimum absolute atomic E-state index is 0.662. The van der Waals surface area contributed by atoms with Gasteiger partial charge in [-0.15, -0.1) is 11.6 Å². The number of alkyl halides is 1. The maximum atomic E-state index is 6.07. The second-order valence-corrected chi connectivity index (χ2v) is 5.42. The molecule has 0 bridgehead atoms. The first-order valence-electron chi connectivity index (χ1n) is 7.18. The molecule has 16 heavy (non-hydrogen) atoms. The van der Waals surface area contributed by atoms with Crippen LogP contribution in [-0.2, 0) is 0 Å². The molecule has 1 nitrogen and oxygen atoms in total. The summed E-state index contributed by atoms with van der Waals surface area (Å²) in [5.74, 6) is 0.828. The number of halogens is 1. The van der Waals surface area contributed by atoms with Crippen LogP contribution in [-0.4, -0.2) is 29.9 Å². The van der Waals surface area contributed by atoms with Crippen molar-refractivity contribution < 1.29 is 0 Å². The lowest BCUT2D eigenvalue weighted by Gasteiger charge is -2.28. The molecular weight excluding hydrogens is 218 g/mol. The Morgan fingerprint density at radius 1 is 1.06 bits per heavy atom. The third-order valence-corrected chi connectivity index (χ3v) is 4.08. The van der Waals surface area contributed by atoms with Crippen molar-refractivity contribution in [2.24, 2.45) is 0 Å². The van der Waals surface area contributed by atoms with Crippen molar-refractivity contribution in [1.82, 2.24) is 4.90 Å². The summed E-state index contributed by atoms with van der Waals surface area (Å²) in [6.07, 6.45) is 12.4. The van der Waals surface area contributed by atoms with Crippen molar-refractivity contribution in [2.75, 3.05) is 19.0 Å². The van der Waals surface area contributed by atoms with Gasteiger partial charge in [0, 0.05) is 11.9 Å². The molecule has 0 aromatic carbocycles. The quantitative estimate of drug-likeness (QED) is 0.474. The molecule has 0 aliphatic carbocycles. The van der Waals surface area contributed by atoms with Gasteiger partial charge in [-0.1, -0.05) is 45.4 Å². The minimum Gasteiger partial charge on any atom is -0.299 e. The Bertz CT molecular complexity index is 161. The third-order valence-electron chi connectivity index (χ3n) is 3.73. The molecule has 1 aliphatic rings. The van der Waals surface area contributed by atoms with Gasteiger partial charge >= 0.3 is 0 Å². The Morgan fingerprint density at radius 3 is 2.62 bits per heavy atom. The van der Waals surface area contributed by atoms with Gasteiger partial charge in [0.2, 0.25) is 0 Å². The molecule has 0 saturated carbocycles. The van der Waals surface area contributed by atoms with Crippen LogP contribution in [0, 0.1) is 0 Å². The molecule has 1 unspecified atom stereocenters. The Labute approximate surface area is 107 Å². The van der Waals surface area contributed by atoms with Crippen LogP contribution >= 0.6 is 11.6 Å². The summed E-state index contributed by atoms with van der Waals surface area (Å²) < 4.78 is 0. The summed E-state index contributed by atoms with van der Waals surface area (Å²) in [7, 11) is 0. The van der Waals surface area contributed by atoms with Crippen LogP contribution in [0.1, 0.15) is 64.7 Å². The fourth-order valence-electron chi connectivity index (χ4n) is 2.62. The summed E-state index contributed by atoms with van der Waals surface area (Å²) in [5, 5.41) is 0. The van der Waals surface area contributed by atoms with Gasteiger partial charge in [0.15, 0.2) is 0 Å². The predicted octanol–water partition coefficient (Wildman–Crippen LogP) is 4.44. The summed E-state index contributed by atoms with van der Waals surface area (Å²) in [4.78, 5) is 2.64. The van der Waals surface area contributed by atoms with Gasteiger partial charge in [-0.25, -0.2) is 0 Å². The van der Waals surface area contributed by atoms with Crippen molar-refractivity contribution in [1.29, 1.82) is 0 Å². The molecule has 0 aromatic rings. The van der Waals surface area contributed by atoms with E-state index in [0.717, 1.165) is 5.88 Å². The largest absolute Gasteiger partial charge is 0.299 e. The zero-order chi connectivity index (χ0) is 11.6. The highest BCUT2D eigenvalue weighted by Gasteiger charge is 2.19. The lowest BCUT2D eigenvalue weighted by molar-refractivity contribution is 0.211. The molecule has 0 N–H and O–H groups in total. The molecule has 0 aromatic heterocycles. The van der Waals surface area contributed by atoms with Crippen molar-refractivity contribution >= 4 is 11.6 Å². The van der Waals surface area contributed by atoms with Gasteiger partial charge in [-0.2, -0.15) is 0 Å². The fourth-order valence-corrected chi connectivity index (χ4v) is 2.97. The summed E-state index contributed by atoms with van der Waals surface area (Å²) in [5.41, 5.74) is 0. The minimum atomic E-state index is 0.662. The van der Waals surface area contributed by atoms with E-state index >= 15 is 0 Å². The molecule has 0 radical (unpaired) electrons.